The first-order chi connectivity index (χ1) is 9.61. The third-order valence-corrected chi connectivity index (χ3v) is 4.24. The van der Waals surface area contributed by atoms with E-state index in [0.717, 1.165) is 43.4 Å². The minimum Gasteiger partial charge on any atom is -0.377 e. The van der Waals surface area contributed by atoms with Gasteiger partial charge in [0.15, 0.2) is 0 Å². The first kappa shape index (κ1) is 15.5. The average molecular weight is 340 g/mol. The molecule has 0 aliphatic carbocycles. The van der Waals surface area contributed by atoms with Gasteiger partial charge in [-0.15, -0.1) is 0 Å². The molecule has 1 aliphatic heterocycles. The highest BCUT2D eigenvalue weighted by molar-refractivity contribution is 9.09. The van der Waals surface area contributed by atoms with Gasteiger partial charge < -0.3 is 9.64 Å². The molecule has 0 bridgehead atoms. The number of aryl methyl sites for hydroxylation is 2. The van der Waals surface area contributed by atoms with Crippen LogP contribution in [0, 0.1) is 13.8 Å². The minimum absolute atomic E-state index is 0.145. The Hall–Kier alpha value is -0.870. The molecule has 1 amide bonds. The molecule has 1 aromatic rings. The van der Waals surface area contributed by atoms with Crippen molar-refractivity contribution in [3.63, 3.8) is 0 Å². The van der Waals surface area contributed by atoms with Crippen LogP contribution < -0.4 is 0 Å². The molecule has 0 radical (unpaired) electrons. The molecule has 1 fully saturated rings. The fourth-order valence-corrected chi connectivity index (χ4v) is 2.68. The van der Waals surface area contributed by atoms with Crippen LogP contribution in [-0.4, -0.2) is 41.9 Å². The molecule has 110 valence electrons. The molecule has 1 saturated heterocycles. The molecule has 1 aromatic carbocycles. The van der Waals surface area contributed by atoms with E-state index < -0.39 is 0 Å². The van der Waals surface area contributed by atoms with Crippen LogP contribution in [0.3, 0.4) is 0 Å². The van der Waals surface area contributed by atoms with Crippen LogP contribution in [0.5, 0.6) is 0 Å². The number of hydrogen-bond acceptors (Lipinski definition) is 2. The van der Waals surface area contributed by atoms with Gasteiger partial charge in [0.25, 0.3) is 5.91 Å². The second kappa shape index (κ2) is 7.23. The average Bonchev–Trinajstić information content (AvgIpc) is 2.48. The standard InChI is InChI=1S/C16H22BrNO2/c1-12-3-4-14(11-13(12)2)16(19)18-8-5-15(6-9-18)20-10-7-17/h3-4,11,15H,5-10H2,1-2H3. The maximum absolute atomic E-state index is 12.5. The number of hydrogen-bond donors (Lipinski definition) is 0. The number of carbonyl (C=O) groups is 1. The van der Waals surface area contributed by atoms with Crippen LogP contribution in [0.4, 0.5) is 0 Å². The van der Waals surface area contributed by atoms with E-state index in [1.165, 1.54) is 11.1 Å². The first-order valence-electron chi connectivity index (χ1n) is 7.16. The van der Waals surface area contributed by atoms with Crippen molar-refractivity contribution in [1.29, 1.82) is 0 Å². The van der Waals surface area contributed by atoms with Gasteiger partial charge in [0.1, 0.15) is 0 Å². The van der Waals surface area contributed by atoms with E-state index >= 15 is 0 Å². The SMILES string of the molecule is Cc1ccc(C(=O)N2CCC(OCCBr)CC2)cc1C. The Morgan fingerprint density at radius 2 is 2.00 bits per heavy atom. The van der Waals surface area contributed by atoms with Crippen molar-refractivity contribution in [1.82, 2.24) is 4.90 Å². The van der Waals surface area contributed by atoms with Crippen LogP contribution in [0.25, 0.3) is 0 Å². The molecule has 0 N–H and O–H groups in total. The Morgan fingerprint density at radius 1 is 1.30 bits per heavy atom. The van der Waals surface area contributed by atoms with Crippen LogP contribution in [0.1, 0.15) is 34.3 Å². The fraction of sp³-hybridized carbons (Fsp3) is 0.562. The molecule has 3 nitrogen and oxygen atoms in total. The molecule has 2 rings (SSSR count). The Bertz CT molecular complexity index is 468. The second-order valence-corrected chi connectivity index (χ2v) is 6.14. The summed E-state index contributed by atoms with van der Waals surface area (Å²) in [5.41, 5.74) is 3.20. The predicted octanol–water partition coefficient (Wildman–Crippen LogP) is 3.32. The molecule has 0 aromatic heterocycles. The van der Waals surface area contributed by atoms with Crippen LogP contribution in [0.2, 0.25) is 0 Å². The molecule has 1 heterocycles. The van der Waals surface area contributed by atoms with Gasteiger partial charge in [0, 0.05) is 24.0 Å². The van der Waals surface area contributed by atoms with Gasteiger partial charge in [0.05, 0.1) is 12.7 Å². The number of carbonyl (C=O) groups excluding carboxylic acids is 1. The van der Waals surface area contributed by atoms with Gasteiger partial charge >= 0.3 is 0 Å². The molecule has 0 spiro atoms. The summed E-state index contributed by atoms with van der Waals surface area (Å²) in [5.74, 6) is 0.145. The Kier molecular flexibility index (Phi) is 5.61. The normalized spacial score (nSPS) is 16.4. The van der Waals surface area contributed by atoms with Gasteiger partial charge in [-0.3, -0.25) is 4.79 Å². The smallest absolute Gasteiger partial charge is 0.253 e. The first-order valence-corrected chi connectivity index (χ1v) is 8.28. The summed E-state index contributed by atoms with van der Waals surface area (Å²) in [4.78, 5) is 14.4. The van der Waals surface area contributed by atoms with E-state index in [9.17, 15) is 4.79 Å². The third kappa shape index (κ3) is 3.83. The maximum atomic E-state index is 12.5. The lowest BCUT2D eigenvalue weighted by Gasteiger charge is -2.32. The van der Waals surface area contributed by atoms with E-state index in [1.54, 1.807) is 0 Å². The van der Waals surface area contributed by atoms with Crippen LogP contribution in [0.15, 0.2) is 18.2 Å². The number of piperidine rings is 1. The lowest BCUT2D eigenvalue weighted by atomic mass is 10.0. The van der Waals surface area contributed by atoms with E-state index in [0.29, 0.717) is 6.10 Å². The second-order valence-electron chi connectivity index (χ2n) is 5.35. The van der Waals surface area contributed by atoms with Gasteiger partial charge in [-0.05, 0) is 49.9 Å². The van der Waals surface area contributed by atoms with Gasteiger partial charge in [-0.25, -0.2) is 0 Å². The van der Waals surface area contributed by atoms with Crippen molar-refractivity contribution in [3.8, 4) is 0 Å². The molecular formula is C16H22BrNO2. The van der Waals surface area contributed by atoms with Crippen LogP contribution in [-0.2, 0) is 4.74 Å². The zero-order valence-corrected chi connectivity index (χ0v) is 13.8. The topological polar surface area (TPSA) is 29.5 Å². The van der Waals surface area contributed by atoms with Gasteiger partial charge in [-0.1, -0.05) is 22.0 Å². The summed E-state index contributed by atoms with van der Waals surface area (Å²) in [5, 5.41) is 0.870. The molecule has 0 atom stereocenters. The van der Waals surface area contributed by atoms with Crippen LogP contribution >= 0.6 is 15.9 Å². The number of halogens is 1. The molecule has 1 aliphatic rings. The summed E-state index contributed by atoms with van der Waals surface area (Å²) in [6.07, 6.45) is 2.17. The van der Waals surface area contributed by atoms with E-state index in [2.05, 4.69) is 22.9 Å². The van der Waals surface area contributed by atoms with Crippen molar-refractivity contribution in [2.75, 3.05) is 25.0 Å². The van der Waals surface area contributed by atoms with Crippen molar-refractivity contribution >= 4 is 21.8 Å². The predicted molar refractivity (Wildman–Crippen MR) is 84.6 cm³/mol. The number of likely N-dealkylation sites (tertiary alicyclic amines) is 1. The zero-order chi connectivity index (χ0) is 14.5. The van der Waals surface area contributed by atoms with E-state index in [4.69, 9.17) is 4.74 Å². The van der Waals surface area contributed by atoms with Gasteiger partial charge in [-0.2, -0.15) is 0 Å². The van der Waals surface area contributed by atoms with E-state index in [1.807, 2.05) is 30.0 Å². The number of ether oxygens (including phenoxy) is 1. The summed E-state index contributed by atoms with van der Waals surface area (Å²) in [7, 11) is 0. The molecule has 0 unspecified atom stereocenters. The Morgan fingerprint density at radius 3 is 2.60 bits per heavy atom. The van der Waals surface area contributed by atoms with Crippen molar-refractivity contribution in [3.05, 3.63) is 34.9 Å². The summed E-state index contributed by atoms with van der Waals surface area (Å²) < 4.78 is 5.72. The quantitative estimate of drug-likeness (QED) is 0.787. The number of rotatable bonds is 4. The minimum atomic E-state index is 0.145. The molecule has 20 heavy (non-hydrogen) atoms. The number of benzene rings is 1. The van der Waals surface area contributed by atoms with Crippen molar-refractivity contribution in [2.45, 2.75) is 32.8 Å². The number of amides is 1. The fourth-order valence-electron chi connectivity index (χ4n) is 2.49. The third-order valence-electron chi connectivity index (χ3n) is 3.91. The van der Waals surface area contributed by atoms with E-state index in [-0.39, 0.29) is 5.91 Å². The number of alkyl halides is 1. The molecular weight excluding hydrogens is 318 g/mol. The summed E-state index contributed by atoms with van der Waals surface area (Å²) in [6.45, 7) is 6.44. The number of nitrogens with zero attached hydrogens (tertiary/aromatic N) is 1. The monoisotopic (exact) mass is 339 g/mol. The highest BCUT2D eigenvalue weighted by Gasteiger charge is 2.24. The summed E-state index contributed by atoms with van der Waals surface area (Å²) >= 11 is 3.36. The Labute approximate surface area is 129 Å². The highest BCUT2D eigenvalue weighted by atomic mass is 79.9. The Balaban J connectivity index is 1.92. The lowest BCUT2D eigenvalue weighted by molar-refractivity contribution is 0.0160. The van der Waals surface area contributed by atoms with Crippen molar-refractivity contribution in [2.24, 2.45) is 0 Å². The lowest BCUT2D eigenvalue weighted by Crippen LogP contribution is -2.41. The molecule has 4 heteroatoms. The van der Waals surface area contributed by atoms with Crippen molar-refractivity contribution < 1.29 is 9.53 Å². The summed E-state index contributed by atoms with van der Waals surface area (Å²) in [6, 6.07) is 5.94. The maximum Gasteiger partial charge on any atom is 0.253 e. The molecule has 0 saturated carbocycles. The largest absolute Gasteiger partial charge is 0.377 e. The zero-order valence-electron chi connectivity index (χ0n) is 12.2. The highest BCUT2D eigenvalue weighted by Crippen LogP contribution is 2.18. The van der Waals surface area contributed by atoms with Gasteiger partial charge in [0.2, 0.25) is 0 Å².